The average Bonchev–Trinajstić information content (AvgIpc) is 2.43. The van der Waals surface area contributed by atoms with E-state index < -0.39 is 11.9 Å². The van der Waals surface area contributed by atoms with Crippen LogP contribution >= 0.6 is 0 Å². The molecular weight excluding hydrogens is 256 g/mol. The van der Waals surface area contributed by atoms with Crippen LogP contribution in [0.2, 0.25) is 0 Å². The second-order valence-corrected chi connectivity index (χ2v) is 5.18. The van der Waals surface area contributed by atoms with E-state index in [1.807, 2.05) is 0 Å². The topological polar surface area (TPSA) is 52.6 Å². The van der Waals surface area contributed by atoms with Crippen molar-refractivity contribution in [3.8, 4) is 0 Å². The Kier molecular flexibility index (Phi) is 12.3. The van der Waals surface area contributed by atoms with Crippen molar-refractivity contribution in [2.24, 2.45) is 5.92 Å². The fourth-order valence-electron chi connectivity index (χ4n) is 1.85. The van der Waals surface area contributed by atoms with Crippen LogP contribution in [0.25, 0.3) is 0 Å². The molecule has 0 N–H and O–H groups in total. The van der Waals surface area contributed by atoms with Crippen LogP contribution in [0.4, 0.5) is 0 Å². The lowest BCUT2D eigenvalue weighted by molar-refractivity contribution is -0.155. The van der Waals surface area contributed by atoms with Gasteiger partial charge in [0, 0.05) is 0 Å². The number of carbonyl (C=O) groups excluding carboxylic acids is 2. The molecule has 0 aromatic carbocycles. The van der Waals surface area contributed by atoms with Gasteiger partial charge in [0.2, 0.25) is 0 Å². The smallest absolute Gasteiger partial charge is 0.317 e. The Morgan fingerprint density at radius 3 is 2.05 bits per heavy atom. The summed E-state index contributed by atoms with van der Waals surface area (Å²) < 4.78 is 10.1. The first-order valence-electron chi connectivity index (χ1n) is 7.95. The van der Waals surface area contributed by atoms with E-state index in [1.165, 1.54) is 19.3 Å². The number of esters is 2. The van der Waals surface area contributed by atoms with Crippen LogP contribution in [-0.4, -0.2) is 25.2 Å². The zero-order chi connectivity index (χ0) is 15.2. The summed E-state index contributed by atoms with van der Waals surface area (Å²) in [5, 5.41) is 0. The Morgan fingerprint density at radius 1 is 0.850 bits per heavy atom. The molecule has 0 heterocycles. The molecule has 4 nitrogen and oxygen atoms in total. The van der Waals surface area contributed by atoms with Gasteiger partial charge in [-0.2, -0.15) is 0 Å². The number of carbonyl (C=O) groups is 2. The summed E-state index contributed by atoms with van der Waals surface area (Å²) in [5.74, 6) is -0.573. The molecule has 0 aliphatic heterocycles. The molecule has 118 valence electrons. The van der Waals surface area contributed by atoms with Crippen molar-refractivity contribution in [2.45, 2.75) is 72.1 Å². The van der Waals surface area contributed by atoms with Gasteiger partial charge in [-0.15, -0.1) is 0 Å². The van der Waals surface area contributed by atoms with E-state index >= 15 is 0 Å². The summed E-state index contributed by atoms with van der Waals surface area (Å²) in [6, 6.07) is 0. The summed E-state index contributed by atoms with van der Waals surface area (Å²) in [6.45, 7) is 7.09. The van der Waals surface area contributed by atoms with E-state index in [9.17, 15) is 9.59 Å². The monoisotopic (exact) mass is 286 g/mol. The maximum Gasteiger partial charge on any atom is 0.317 e. The highest BCUT2D eigenvalue weighted by Crippen LogP contribution is 2.08. The second kappa shape index (κ2) is 12.9. The fourth-order valence-corrected chi connectivity index (χ4v) is 1.85. The van der Waals surface area contributed by atoms with Crippen molar-refractivity contribution >= 4 is 11.9 Å². The number of unbranched alkanes of at least 4 members (excludes halogenated alkanes) is 4. The molecular formula is C16H30O4. The molecule has 0 aliphatic carbocycles. The lowest BCUT2D eigenvalue weighted by Crippen LogP contribution is -2.17. The highest BCUT2D eigenvalue weighted by atomic mass is 16.6. The lowest BCUT2D eigenvalue weighted by Gasteiger charge is -2.12. The van der Waals surface area contributed by atoms with Crippen molar-refractivity contribution in [3.05, 3.63) is 0 Å². The molecule has 0 bridgehead atoms. The number of hydrogen-bond acceptors (Lipinski definition) is 4. The lowest BCUT2D eigenvalue weighted by atomic mass is 10.1. The Hall–Kier alpha value is -1.06. The first-order chi connectivity index (χ1) is 9.63. The van der Waals surface area contributed by atoms with Crippen LogP contribution in [0.15, 0.2) is 0 Å². The molecule has 0 aliphatic rings. The SMILES string of the molecule is CCCCCCCOC(=O)CC(=O)OCC(CC)CC. The van der Waals surface area contributed by atoms with Crippen LogP contribution in [0, 0.1) is 5.92 Å². The predicted molar refractivity (Wildman–Crippen MR) is 79.4 cm³/mol. The van der Waals surface area contributed by atoms with Gasteiger partial charge in [0.25, 0.3) is 0 Å². The van der Waals surface area contributed by atoms with Gasteiger partial charge in [-0.1, -0.05) is 59.3 Å². The summed E-state index contributed by atoms with van der Waals surface area (Å²) in [6.07, 6.45) is 7.21. The molecule has 0 saturated carbocycles. The van der Waals surface area contributed by atoms with Crippen LogP contribution < -0.4 is 0 Å². The van der Waals surface area contributed by atoms with E-state index in [0.717, 1.165) is 25.7 Å². The van der Waals surface area contributed by atoms with E-state index in [-0.39, 0.29) is 6.42 Å². The summed E-state index contributed by atoms with van der Waals surface area (Å²) in [4.78, 5) is 22.8. The normalized spacial score (nSPS) is 10.6. The third-order valence-electron chi connectivity index (χ3n) is 3.43. The molecule has 0 atom stereocenters. The first-order valence-corrected chi connectivity index (χ1v) is 7.95. The van der Waals surface area contributed by atoms with Crippen molar-refractivity contribution in [1.82, 2.24) is 0 Å². The van der Waals surface area contributed by atoms with Crippen molar-refractivity contribution in [1.29, 1.82) is 0 Å². The fraction of sp³-hybridized carbons (Fsp3) is 0.875. The average molecular weight is 286 g/mol. The van der Waals surface area contributed by atoms with Crippen molar-refractivity contribution < 1.29 is 19.1 Å². The molecule has 0 aromatic rings. The Morgan fingerprint density at radius 2 is 1.45 bits per heavy atom. The Bertz CT molecular complexity index is 259. The standard InChI is InChI=1S/C16H30O4/c1-4-7-8-9-10-11-19-15(17)12-16(18)20-13-14(5-2)6-3/h14H,4-13H2,1-3H3. The summed E-state index contributed by atoms with van der Waals surface area (Å²) in [5.41, 5.74) is 0. The minimum absolute atomic E-state index is 0.269. The van der Waals surface area contributed by atoms with Gasteiger partial charge in [-0.05, 0) is 12.3 Å². The van der Waals surface area contributed by atoms with Gasteiger partial charge < -0.3 is 9.47 Å². The minimum Gasteiger partial charge on any atom is -0.465 e. The van der Waals surface area contributed by atoms with Gasteiger partial charge in [-0.3, -0.25) is 9.59 Å². The number of hydrogen-bond donors (Lipinski definition) is 0. The molecule has 0 radical (unpaired) electrons. The molecule has 0 amide bonds. The van der Waals surface area contributed by atoms with Crippen LogP contribution in [0.3, 0.4) is 0 Å². The minimum atomic E-state index is -0.479. The van der Waals surface area contributed by atoms with Crippen LogP contribution in [0.5, 0.6) is 0 Å². The maximum atomic E-state index is 11.4. The van der Waals surface area contributed by atoms with E-state index in [2.05, 4.69) is 20.8 Å². The second-order valence-electron chi connectivity index (χ2n) is 5.18. The number of ether oxygens (including phenoxy) is 2. The highest BCUT2D eigenvalue weighted by Gasteiger charge is 2.13. The molecule has 0 spiro atoms. The molecule has 4 heteroatoms. The molecule has 0 unspecified atom stereocenters. The molecule has 0 fully saturated rings. The zero-order valence-electron chi connectivity index (χ0n) is 13.3. The third-order valence-corrected chi connectivity index (χ3v) is 3.43. The molecule has 0 saturated heterocycles. The summed E-state index contributed by atoms with van der Waals surface area (Å²) in [7, 11) is 0. The largest absolute Gasteiger partial charge is 0.465 e. The van der Waals surface area contributed by atoms with E-state index in [1.54, 1.807) is 0 Å². The highest BCUT2D eigenvalue weighted by molar-refractivity contribution is 5.91. The zero-order valence-corrected chi connectivity index (χ0v) is 13.3. The quantitative estimate of drug-likeness (QED) is 0.310. The third kappa shape index (κ3) is 10.8. The molecule has 0 aromatic heterocycles. The van der Waals surface area contributed by atoms with Crippen molar-refractivity contribution in [3.63, 3.8) is 0 Å². The molecule has 0 rings (SSSR count). The number of rotatable bonds is 12. The van der Waals surface area contributed by atoms with Gasteiger partial charge in [-0.25, -0.2) is 0 Å². The van der Waals surface area contributed by atoms with Gasteiger partial charge in [0.1, 0.15) is 6.42 Å². The Labute approximate surface area is 123 Å². The van der Waals surface area contributed by atoms with Crippen LogP contribution in [-0.2, 0) is 19.1 Å². The Balaban J connectivity index is 3.57. The van der Waals surface area contributed by atoms with Gasteiger partial charge >= 0.3 is 11.9 Å². The maximum absolute atomic E-state index is 11.4. The summed E-state index contributed by atoms with van der Waals surface area (Å²) >= 11 is 0. The van der Waals surface area contributed by atoms with E-state index in [0.29, 0.717) is 19.1 Å². The van der Waals surface area contributed by atoms with Crippen LogP contribution in [0.1, 0.15) is 72.1 Å². The predicted octanol–water partition coefficient (Wildman–Crippen LogP) is 3.87. The molecule has 20 heavy (non-hydrogen) atoms. The van der Waals surface area contributed by atoms with Gasteiger partial charge in [0.05, 0.1) is 13.2 Å². The first kappa shape index (κ1) is 18.9. The van der Waals surface area contributed by atoms with Gasteiger partial charge in [0.15, 0.2) is 0 Å². The van der Waals surface area contributed by atoms with E-state index in [4.69, 9.17) is 9.47 Å². The van der Waals surface area contributed by atoms with Crippen molar-refractivity contribution in [2.75, 3.05) is 13.2 Å².